The average Bonchev–Trinajstić information content (AvgIpc) is 2.42. The van der Waals surface area contributed by atoms with Crippen molar-refractivity contribution in [2.75, 3.05) is 0 Å². The van der Waals surface area contributed by atoms with Crippen molar-refractivity contribution in [3.63, 3.8) is 0 Å². The molecule has 2 nitrogen and oxygen atoms in total. The smallest absolute Gasteiger partial charge is 0.379 e. The molecule has 0 aromatic carbocycles. The van der Waals surface area contributed by atoms with Gasteiger partial charge >= 0.3 is 6.18 Å². The maximum atomic E-state index is 12.5. The lowest BCUT2D eigenvalue weighted by atomic mass is 10.1. The van der Waals surface area contributed by atoms with Gasteiger partial charge < -0.3 is 9.67 Å². The van der Waals surface area contributed by atoms with Crippen molar-refractivity contribution < 1.29 is 18.3 Å². The van der Waals surface area contributed by atoms with Gasteiger partial charge in [-0.2, -0.15) is 13.2 Å². The predicted molar refractivity (Wildman–Crippen MR) is 59.8 cm³/mol. The van der Waals surface area contributed by atoms with E-state index in [1.807, 2.05) is 18.4 Å². The molecule has 0 amide bonds. The van der Waals surface area contributed by atoms with Crippen LogP contribution in [0, 0.1) is 19.8 Å². The van der Waals surface area contributed by atoms with Gasteiger partial charge in [-0.15, -0.1) is 0 Å². The predicted octanol–water partition coefficient (Wildman–Crippen LogP) is 3.36. The molecule has 1 heterocycles. The van der Waals surface area contributed by atoms with Crippen LogP contribution in [0.4, 0.5) is 13.2 Å². The fraction of sp³-hybridized carbons (Fsp3) is 0.667. The molecule has 98 valence electrons. The number of aliphatic hydroxyl groups is 1. The van der Waals surface area contributed by atoms with Crippen LogP contribution in [0.1, 0.15) is 36.9 Å². The average molecular weight is 249 g/mol. The minimum atomic E-state index is -4.61. The number of nitrogens with zero attached hydrogens (tertiary/aromatic N) is 1. The molecule has 1 atom stereocenters. The van der Waals surface area contributed by atoms with Gasteiger partial charge in [0, 0.05) is 23.5 Å². The van der Waals surface area contributed by atoms with E-state index >= 15 is 0 Å². The molecule has 0 fully saturated rings. The number of hydrogen-bond donors (Lipinski definition) is 1. The maximum absolute atomic E-state index is 12.5. The molecular formula is C12H18F3NO. The van der Waals surface area contributed by atoms with Crippen LogP contribution < -0.4 is 0 Å². The SMILES string of the molecule is Cc1cc([C@@H](O)C(F)(F)F)c(C)n1CC(C)C. The molecule has 0 unspecified atom stereocenters. The Balaban J connectivity index is 3.12. The van der Waals surface area contributed by atoms with E-state index in [1.165, 1.54) is 6.07 Å². The number of halogens is 3. The normalized spacial score (nSPS) is 14.4. The van der Waals surface area contributed by atoms with E-state index in [9.17, 15) is 18.3 Å². The number of alkyl halides is 3. The number of aryl methyl sites for hydroxylation is 1. The topological polar surface area (TPSA) is 25.2 Å². The Morgan fingerprint density at radius 1 is 1.29 bits per heavy atom. The third kappa shape index (κ3) is 3.03. The molecule has 0 saturated carbocycles. The Morgan fingerprint density at radius 3 is 2.24 bits per heavy atom. The van der Waals surface area contributed by atoms with Crippen LogP contribution >= 0.6 is 0 Å². The second-order valence-electron chi connectivity index (χ2n) is 4.78. The Morgan fingerprint density at radius 2 is 1.82 bits per heavy atom. The van der Waals surface area contributed by atoms with Crippen molar-refractivity contribution in [1.82, 2.24) is 4.57 Å². The van der Waals surface area contributed by atoms with Crippen molar-refractivity contribution in [1.29, 1.82) is 0 Å². The summed E-state index contributed by atoms with van der Waals surface area (Å²) in [4.78, 5) is 0. The lowest BCUT2D eigenvalue weighted by molar-refractivity contribution is -0.206. The third-order valence-corrected chi connectivity index (χ3v) is 2.77. The van der Waals surface area contributed by atoms with Crippen LogP contribution in [-0.2, 0) is 6.54 Å². The van der Waals surface area contributed by atoms with Crippen molar-refractivity contribution in [3.8, 4) is 0 Å². The lowest BCUT2D eigenvalue weighted by Gasteiger charge is -2.16. The summed E-state index contributed by atoms with van der Waals surface area (Å²) in [7, 11) is 0. The molecule has 0 bridgehead atoms. The molecule has 5 heteroatoms. The van der Waals surface area contributed by atoms with Gasteiger partial charge in [-0.1, -0.05) is 13.8 Å². The summed E-state index contributed by atoms with van der Waals surface area (Å²) in [6.07, 6.45) is -7.00. The highest BCUT2D eigenvalue weighted by Crippen LogP contribution is 2.35. The van der Waals surface area contributed by atoms with E-state index in [-0.39, 0.29) is 5.56 Å². The van der Waals surface area contributed by atoms with Crippen molar-refractivity contribution in [3.05, 3.63) is 23.0 Å². The molecule has 1 rings (SSSR count). The summed E-state index contributed by atoms with van der Waals surface area (Å²) >= 11 is 0. The van der Waals surface area contributed by atoms with Gasteiger partial charge in [0.15, 0.2) is 6.10 Å². The minimum absolute atomic E-state index is 0.0457. The highest BCUT2D eigenvalue weighted by Gasteiger charge is 2.41. The van der Waals surface area contributed by atoms with Crippen LogP contribution in [-0.4, -0.2) is 15.8 Å². The van der Waals surface area contributed by atoms with Crippen molar-refractivity contribution >= 4 is 0 Å². The quantitative estimate of drug-likeness (QED) is 0.873. The molecule has 0 aliphatic heterocycles. The number of aromatic nitrogens is 1. The van der Waals surface area contributed by atoms with Crippen LogP contribution in [0.25, 0.3) is 0 Å². The van der Waals surface area contributed by atoms with Crippen LogP contribution in [0.15, 0.2) is 6.07 Å². The first kappa shape index (κ1) is 14.1. The first-order valence-electron chi connectivity index (χ1n) is 5.56. The van der Waals surface area contributed by atoms with Crippen molar-refractivity contribution in [2.45, 2.75) is 46.5 Å². The molecule has 1 N–H and O–H groups in total. The number of rotatable bonds is 3. The summed E-state index contributed by atoms with van der Waals surface area (Å²) in [5, 5.41) is 9.27. The molecule has 17 heavy (non-hydrogen) atoms. The van der Waals surface area contributed by atoms with Gasteiger partial charge in [0.05, 0.1) is 0 Å². The van der Waals surface area contributed by atoms with Gasteiger partial charge in [0.2, 0.25) is 0 Å². The zero-order chi connectivity index (χ0) is 13.4. The van der Waals surface area contributed by atoms with Gasteiger partial charge in [0.25, 0.3) is 0 Å². The second-order valence-corrected chi connectivity index (χ2v) is 4.78. The summed E-state index contributed by atoms with van der Waals surface area (Å²) in [5.41, 5.74) is 1.19. The van der Waals surface area contributed by atoms with E-state index in [4.69, 9.17) is 0 Å². The van der Waals surface area contributed by atoms with Crippen LogP contribution in [0.3, 0.4) is 0 Å². The lowest BCUT2D eigenvalue weighted by Crippen LogP contribution is -2.21. The zero-order valence-corrected chi connectivity index (χ0v) is 10.5. The Labute approximate surface area is 99.1 Å². The zero-order valence-electron chi connectivity index (χ0n) is 10.5. The molecule has 0 radical (unpaired) electrons. The number of aliphatic hydroxyl groups excluding tert-OH is 1. The fourth-order valence-electron chi connectivity index (χ4n) is 1.93. The van der Waals surface area contributed by atoms with Crippen LogP contribution in [0.5, 0.6) is 0 Å². The first-order chi connectivity index (χ1) is 7.64. The molecular weight excluding hydrogens is 231 g/mol. The van der Waals surface area contributed by atoms with E-state index in [0.717, 1.165) is 5.69 Å². The highest BCUT2D eigenvalue weighted by molar-refractivity contribution is 5.29. The maximum Gasteiger partial charge on any atom is 0.418 e. The van der Waals surface area contributed by atoms with E-state index in [2.05, 4.69) is 0 Å². The Bertz CT molecular complexity index is 393. The molecule has 0 aliphatic carbocycles. The standard InChI is InChI=1S/C12H18F3NO/c1-7(2)6-16-8(3)5-10(9(16)4)11(17)12(13,14)15/h5,7,11,17H,6H2,1-4H3/t11-/m1/s1. The fourth-order valence-corrected chi connectivity index (χ4v) is 1.93. The Kier molecular flexibility index (Phi) is 3.91. The third-order valence-electron chi connectivity index (χ3n) is 2.77. The molecule has 0 aliphatic rings. The van der Waals surface area contributed by atoms with E-state index in [0.29, 0.717) is 18.2 Å². The molecule has 1 aromatic heterocycles. The molecule has 1 aromatic rings. The summed E-state index contributed by atoms with van der Waals surface area (Å²) in [6, 6.07) is 1.41. The van der Waals surface area contributed by atoms with Crippen LogP contribution in [0.2, 0.25) is 0 Å². The summed E-state index contributed by atoms with van der Waals surface area (Å²) in [5.74, 6) is 0.343. The summed E-state index contributed by atoms with van der Waals surface area (Å²) in [6.45, 7) is 8.02. The Hall–Kier alpha value is -0.970. The minimum Gasteiger partial charge on any atom is -0.379 e. The molecule has 0 spiro atoms. The van der Waals surface area contributed by atoms with E-state index < -0.39 is 12.3 Å². The monoisotopic (exact) mass is 249 g/mol. The van der Waals surface area contributed by atoms with Gasteiger partial charge in [-0.3, -0.25) is 0 Å². The van der Waals surface area contributed by atoms with Gasteiger partial charge in [-0.05, 0) is 25.8 Å². The first-order valence-corrected chi connectivity index (χ1v) is 5.56. The highest BCUT2D eigenvalue weighted by atomic mass is 19.4. The van der Waals surface area contributed by atoms with Crippen molar-refractivity contribution in [2.24, 2.45) is 5.92 Å². The van der Waals surface area contributed by atoms with Gasteiger partial charge in [-0.25, -0.2) is 0 Å². The second kappa shape index (κ2) is 4.72. The largest absolute Gasteiger partial charge is 0.418 e. The van der Waals surface area contributed by atoms with E-state index in [1.54, 1.807) is 13.8 Å². The number of hydrogen-bond acceptors (Lipinski definition) is 1. The summed E-state index contributed by atoms with van der Waals surface area (Å²) < 4.78 is 39.2. The molecule has 0 saturated heterocycles. The van der Waals surface area contributed by atoms with Gasteiger partial charge in [0.1, 0.15) is 0 Å².